The topological polar surface area (TPSA) is 6.48 Å². The van der Waals surface area contributed by atoms with Crippen LogP contribution in [0.4, 0.5) is 11.4 Å². The molecule has 0 unspecified atom stereocenters. The number of fused-ring (bicyclic) bond motifs is 3. The molecular weight excluding hydrogens is 315 g/mol. The van der Waals surface area contributed by atoms with Crippen molar-refractivity contribution < 1.29 is 0 Å². The second-order valence-corrected chi connectivity index (χ2v) is 6.98. The zero-order valence-electron chi connectivity index (χ0n) is 12.3. The van der Waals surface area contributed by atoms with Gasteiger partial charge in [0.2, 0.25) is 0 Å². The molecule has 3 aliphatic rings. The number of hydrazine groups is 1. The number of benzene rings is 2. The molecule has 2 nitrogen and oxygen atoms in total. The maximum absolute atomic E-state index is 6.05. The minimum Gasteiger partial charge on any atom is -0.282 e. The van der Waals surface area contributed by atoms with Crippen LogP contribution in [0.5, 0.6) is 0 Å². The Kier molecular flexibility index (Phi) is 3.67. The average molecular weight is 333 g/mol. The Morgan fingerprint density at radius 2 is 0.909 bits per heavy atom. The molecule has 0 radical (unpaired) electrons. The summed E-state index contributed by atoms with van der Waals surface area (Å²) < 4.78 is 0. The highest BCUT2D eigenvalue weighted by atomic mass is 35.5. The Bertz CT molecular complexity index is 586. The van der Waals surface area contributed by atoms with E-state index in [1.54, 1.807) is 0 Å². The second-order valence-electron chi connectivity index (χ2n) is 6.10. The van der Waals surface area contributed by atoms with Crippen LogP contribution in [0.25, 0.3) is 0 Å². The van der Waals surface area contributed by atoms with Crippen molar-refractivity contribution in [2.24, 2.45) is 0 Å². The van der Waals surface area contributed by atoms with Crippen molar-refractivity contribution in [1.29, 1.82) is 0 Å². The first kappa shape index (κ1) is 14.2. The van der Waals surface area contributed by atoms with E-state index in [1.807, 2.05) is 24.3 Å². The van der Waals surface area contributed by atoms with Crippen molar-refractivity contribution in [1.82, 2.24) is 0 Å². The first-order valence-electron chi connectivity index (χ1n) is 7.82. The predicted octanol–water partition coefficient (Wildman–Crippen LogP) is 5.55. The van der Waals surface area contributed by atoms with Gasteiger partial charge in [-0.25, -0.2) is 0 Å². The number of anilines is 2. The van der Waals surface area contributed by atoms with Gasteiger partial charge in [0, 0.05) is 10.0 Å². The molecule has 0 N–H and O–H groups in total. The van der Waals surface area contributed by atoms with Crippen molar-refractivity contribution in [3.05, 3.63) is 58.6 Å². The number of hydrogen-bond acceptors (Lipinski definition) is 2. The molecule has 0 atom stereocenters. The molecule has 1 aliphatic carbocycles. The quantitative estimate of drug-likeness (QED) is 0.711. The van der Waals surface area contributed by atoms with Crippen molar-refractivity contribution in [2.45, 2.75) is 37.8 Å². The van der Waals surface area contributed by atoms with Crippen LogP contribution in [-0.4, -0.2) is 12.1 Å². The number of nitrogens with zero attached hydrogens (tertiary/aromatic N) is 2. The monoisotopic (exact) mass is 332 g/mol. The number of hydrogen-bond donors (Lipinski definition) is 0. The molecule has 2 aliphatic heterocycles. The first-order valence-corrected chi connectivity index (χ1v) is 8.57. The van der Waals surface area contributed by atoms with E-state index in [1.165, 1.54) is 37.1 Å². The van der Waals surface area contributed by atoms with Crippen LogP contribution >= 0.6 is 23.2 Å². The van der Waals surface area contributed by atoms with E-state index in [0.29, 0.717) is 12.1 Å². The molecule has 114 valence electrons. The van der Waals surface area contributed by atoms with Gasteiger partial charge in [0.25, 0.3) is 0 Å². The summed E-state index contributed by atoms with van der Waals surface area (Å²) in [7, 11) is 0. The lowest BCUT2D eigenvalue weighted by Crippen LogP contribution is -2.62. The summed E-state index contributed by atoms with van der Waals surface area (Å²) in [6, 6.07) is 17.5. The lowest BCUT2D eigenvalue weighted by molar-refractivity contribution is 0.284. The van der Waals surface area contributed by atoms with Crippen molar-refractivity contribution in [3.8, 4) is 0 Å². The van der Waals surface area contributed by atoms with Crippen molar-refractivity contribution in [3.63, 3.8) is 0 Å². The smallest absolute Gasteiger partial charge is 0.0578 e. The van der Waals surface area contributed by atoms with E-state index in [9.17, 15) is 0 Å². The first-order chi connectivity index (χ1) is 10.7. The van der Waals surface area contributed by atoms with E-state index in [0.717, 1.165) is 10.0 Å². The summed E-state index contributed by atoms with van der Waals surface area (Å²) in [4.78, 5) is 0. The van der Waals surface area contributed by atoms with E-state index >= 15 is 0 Å². The van der Waals surface area contributed by atoms with Gasteiger partial charge in [-0.3, -0.25) is 10.0 Å². The van der Waals surface area contributed by atoms with Crippen molar-refractivity contribution in [2.75, 3.05) is 10.0 Å². The van der Waals surface area contributed by atoms with E-state index in [2.05, 4.69) is 34.3 Å². The largest absolute Gasteiger partial charge is 0.282 e. The minimum absolute atomic E-state index is 0.571. The van der Waals surface area contributed by atoms with Gasteiger partial charge < -0.3 is 0 Å². The molecule has 0 spiro atoms. The van der Waals surface area contributed by atoms with Crippen LogP contribution in [0.15, 0.2) is 48.5 Å². The fourth-order valence-electron chi connectivity index (χ4n) is 3.76. The molecule has 0 aromatic heterocycles. The molecule has 5 rings (SSSR count). The summed E-state index contributed by atoms with van der Waals surface area (Å²) in [5.74, 6) is 0. The van der Waals surface area contributed by atoms with Crippen LogP contribution in [-0.2, 0) is 0 Å². The second kappa shape index (κ2) is 5.68. The lowest BCUT2D eigenvalue weighted by atomic mass is 9.86. The van der Waals surface area contributed by atoms with Gasteiger partial charge in [0.15, 0.2) is 0 Å². The van der Waals surface area contributed by atoms with Gasteiger partial charge in [0.1, 0.15) is 0 Å². The van der Waals surface area contributed by atoms with Gasteiger partial charge in [0.05, 0.1) is 23.5 Å². The molecule has 4 heteroatoms. The number of halogens is 2. The fraction of sp³-hybridized carbons (Fsp3) is 0.333. The Balaban J connectivity index is 1.75. The molecule has 0 amide bonds. The Labute approximate surface area is 141 Å². The maximum Gasteiger partial charge on any atom is 0.0578 e. The maximum atomic E-state index is 6.05. The molecule has 2 aromatic rings. The molecule has 2 aromatic carbocycles. The third-order valence-corrected chi connectivity index (χ3v) is 5.28. The summed E-state index contributed by atoms with van der Waals surface area (Å²) in [6.07, 6.45) is 5.05. The molecule has 2 bridgehead atoms. The van der Waals surface area contributed by atoms with Crippen LogP contribution in [0.1, 0.15) is 25.7 Å². The van der Waals surface area contributed by atoms with Gasteiger partial charge >= 0.3 is 0 Å². The van der Waals surface area contributed by atoms with E-state index < -0.39 is 0 Å². The predicted molar refractivity (Wildman–Crippen MR) is 93.9 cm³/mol. The van der Waals surface area contributed by atoms with E-state index in [-0.39, 0.29) is 0 Å². The average Bonchev–Trinajstić information content (AvgIpc) is 2.57. The molecule has 1 saturated carbocycles. The summed E-state index contributed by atoms with van der Waals surface area (Å²) >= 11 is 12.1. The van der Waals surface area contributed by atoms with Crippen molar-refractivity contribution >= 4 is 34.6 Å². The third kappa shape index (κ3) is 2.45. The standard InChI is InChI=1S/C18H18Cl2N2/c19-13-1-5-15(6-2-13)21-17-9-11-18(12-10-17)22(21)16-7-3-14(20)4-8-16/h1-8,17-18H,9-12H2. The van der Waals surface area contributed by atoms with Crippen LogP contribution in [0, 0.1) is 0 Å². The molecule has 22 heavy (non-hydrogen) atoms. The minimum atomic E-state index is 0.571. The highest BCUT2D eigenvalue weighted by Crippen LogP contribution is 2.41. The van der Waals surface area contributed by atoms with E-state index in [4.69, 9.17) is 23.2 Å². The SMILES string of the molecule is Clc1ccc(N2C3CCC(CC3)N2c2ccc(Cl)cc2)cc1. The fourth-order valence-corrected chi connectivity index (χ4v) is 4.01. The highest BCUT2D eigenvalue weighted by Gasteiger charge is 2.40. The molecular formula is C18H18Cl2N2. The summed E-state index contributed by atoms with van der Waals surface area (Å²) in [6.45, 7) is 0. The van der Waals surface area contributed by atoms with Gasteiger partial charge in [-0.2, -0.15) is 0 Å². The van der Waals surface area contributed by atoms with Crippen LogP contribution in [0.3, 0.4) is 0 Å². The Morgan fingerprint density at radius 1 is 0.591 bits per heavy atom. The molecule has 2 saturated heterocycles. The third-order valence-electron chi connectivity index (χ3n) is 4.77. The van der Waals surface area contributed by atoms with Gasteiger partial charge in [-0.15, -0.1) is 0 Å². The zero-order chi connectivity index (χ0) is 15.1. The summed E-state index contributed by atoms with van der Waals surface area (Å²) in [5.41, 5.74) is 2.43. The molecule has 2 heterocycles. The van der Waals surface area contributed by atoms with Gasteiger partial charge in [-0.05, 0) is 74.2 Å². The lowest BCUT2D eigenvalue weighted by Gasteiger charge is -2.55. The number of rotatable bonds is 2. The Morgan fingerprint density at radius 3 is 1.23 bits per heavy atom. The van der Waals surface area contributed by atoms with Crippen LogP contribution in [0.2, 0.25) is 10.0 Å². The van der Waals surface area contributed by atoms with Gasteiger partial charge in [-0.1, -0.05) is 23.2 Å². The molecule has 3 fully saturated rings. The van der Waals surface area contributed by atoms with Crippen LogP contribution < -0.4 is 10.0 Å². The Hall–Kier alpha value is -1.38. The summed E-state index contributed by atoms with van der Waals surface area (Å²) in [5, 5.41) is 6.47. The zero-order valence-corrected chi connectivity index (χ0v) is 13.8. The normalized spacial score (nSPS) is 23.9. The highest BCUT2D eigenvalue weighted by molar-refractivity contribution is 6.30.